The van der Waals surface area contributed by atoms with Gasteiger partial charge in [0.25, 0.3) is 10.2 Å². The number of halogens is 2. The summed E-state index contributed by atoms with van der Waals surface area (Å²) in [5.41, 5.74) is 0.348. The molecule has 170 valence electrons. The molecular formula is C20H28F2N6O2S. The van der Waals surface area contributed by atoms with Crippen molar-refractivity contribution < 1.29 is 17.2 Å². The number of hydrogen-bond acceptors (Lipinski definition) is 5. The third kappa shape index (κ3) is 3.80. The van der Waals surface area contributed by atoms with Crippen molar-refractivity contribution in [2.75, 3.05) is 38.1 Å². The van der Waals surface area contributed by atoms with Crippen LogP contribution in [0.2, 0.25) is 0 Å². The van der Waals surface area contributed by atoms with Crippen molar-refractivity contribution in [3.63, 3.8) is 0 Å². The Morgan fingerprint density at radius 3 is 2.65 bits per heavy atom. The Bertz CT molecular complexity index is 1060. The summed E-state index contributed by atoms with van der Waals surface area (Å²) in [6, 6.07) is 1.94. The number of alkyl halides is 2. The van der Waals surface area contributed by atoms with Crippen LogP contribution in [-0.2, 0) is 10.2 Å². The number of piperazine rings is 1. The van der Waals surface area contributed by atoms with Gasteiger partial charge in [-0.2, -0.15) is 17.0 Å². The summed E-state index contributed by atoms with van der Waals surface area (Å²) in [6.07, 6.45) is 5.41. The molecule has 0 amide bonds. The molecule has 2 saturated carbocycles. The average Bonchev–Trinajstić information content (AvgIpc) is 3.30. The SMILES string of the molecule is CN(CC1CCC(F)(F)CC1)S(=O)(=O)N1CCN(c2ncnc3[nH]ccc23)CC12CC2. The third-order valence-corrected chi connectivity index (χ3v) is 9.13. The minimum Gasteiger partial charge on any atom is -0.353 e. The average molecular weight is 455 g/mol. The summed E-state index contributed by atoms with van der Waals surface area (Å²) in [5, 5.41) is 0.931. The lowest BCUT2D eigenvalue weighted by Gasteiger charge is -2.43. The van der Waals surface area contributed by atoms with Crippen LogP contribution in [0.4, 0.5) is 14.6 Å². The molecule has 31 heavy (non-hydrogen) atoms. The normalized spacial score (nSPS) is 24.3. The van der Waals surface area contributed by atoms with Crippen LogP contribution in [0.25, 0.3) is 11.0 Å². The van der Waals surface area contributed by atoms with Crippen LogP contribution >= 0.6 is 0 Å². The van der Waals surface area contributed by atoms with Crippen LogP contribution < -0.4 is 4.90 Å². The number of anilines is 1. The van der Waals surface area contributed by atoms with Crippen molar-refractivity contribution in [1.82, 2.24) is 23.6 Å². The molecule has 1 saturated heterocycles. The molecule has 3 aliphatic rings. The number of nitrogens with zero attached hydrogens (tertiary/aromatic N) is 5. The van der Waals surface area contributed by atoms with Crippen molar-refractivity contribution >= 4 is 27.1 Å². The Morgan fingerprint density at radius 1 is 1.19 bits per heavy atom. The molecular weight excluding hydrogens is 426 g/mol. The van der Waals surface area contributed by atoms with E-state index in [1.165, 1.54) is 10.6 Å². The van der Waals surface area contributed by atoms with E-state index in [0.29, 0.717) is 39.0 Å². The predicted octanol–water partition coefficient (Wildman–Crippen LogP) is 2.61. The summed E-state index contributed by atoms with van der Waals surface area (Å²) < 4.78 is 56.7. The van der Waals surface area contributed by atoms with Crippen molar-refractivity contribution in [1.29, 1.82) is 0 Å². The number of H-pyrrole nitrogens is 1. The van der Waals surface area contributed by atoms with Gasteiger partial charge in [-0.05, 0) is 37.7 Å². The highest BCUT2D eigenvalue weighted by Crippen LogP contribution is 2.47. The Morgan fingerprint density at radius 2 is 1.94 bits per heavy atom. The predicted molar refractivity (Wildman–Crippen MR) is 113 cm³/mol. The molecule has 0 atom stereocenters. The highest BCUT2D eigenvalue weighted by molar-refractivity contribution is 7.86. The van der Waals surface area contributed by atoms with E-state index in [0.717, 1.165) is 29.7 Å². The molecule has 0 bridgehead atoms. The number of aromatic amines is 1. The first kappa shape index (κ1) is 21.0. The first-order chi connectivity index (χ1) is 14.7. The molecule has 3 heterocycles. The van der Waals surface area contributed by atoms with Gasteiger partial charge in [-0.3, -0.25) is 0 Å². The molecule has 1 aliphatic heterocycles. The summed E-state index contributed by atoms with van der Waals surface area (Å²) in [5.74, 6) is -1.79. The zero-order valence-electron chi connectivity index (χ0n) is 17.6. The van der Waals surface area contributed by atoms with E-state index in [1.54, 1.807) is 11.4 Å². The molecule has 2 aromatic rings. The quantitative estimate of drug-likeness (QED) is 0.751. The summed E-state index contributed by atoms with van der Waals surface area (Å²) >= 11 is 0. The Kier molecular flexibility index (Phi) is 4.98. The number of rotatable bonds is 5. The fourth-order valence-corrected chi connectivity index (χ4v) is 6.85. The van der Waals surface area contributed by atoms with Gasteiger partial charge in [0, 0.05) is 52.3 Å². The molecule has 0 aromatic carbocycles. The van der Waals surface area contributed by atoms with E-state index in [4.69, 9.17) is 0 Å². The van der Waals surface area contributed by atoms with Gasteiger partial charge in [-0.1, -0.05) is 0 Å². The lowest BCUT2D eigenvalue weighted by molar-refractivity contribution is -0.0467. The minimum absolute atomic E-state index is 0.0151. The monoisotopic (exact) mass is 454 g/mol. The van der Waals surface area contributed by atoms with Crippen LogP contribution in [0.15, 0.2) is 18.6 Å². The van der Waals surface area contributed by atoms with E-state index in [-0.39, 0.29) is 18.8 Å². The van der Waals surface area contributed by atoms with Crippen molar-refractivity contribution in [3.05, 3.63) is 18.6 Å². The van der Waals surface area contributed by atoms with Crippen LogP contribution in [0, 0.1) is 5.92 Å². The summed E-state index contributed by atoms with van der Waals surface area (Å²) in [4.78, 5) is 13.9. The number of aromatic nitrogens is 3. The van der Waals surface area contributed by atoms with E-state index >= 15 is 0 Å². The van der Waals surface area contributed by atoms with Crippen molar-refractivity contribution in [3.8, 4) is 0 Å². The number of hydrogen-bond donors (Lipinski definition) is 1. The highest BCUT2D eigenvalue weighted by atomic mass is 32.2. The molecule has 1 N–H and O–H groups in total. The van der Waals surface area contributed by atoms with Crippen LogP contribution in [0.5, 0.6) is 0 Å². The molecule has 5 rings (SSSR count). The van der Waals surface area contributed by atoms with Gasteiger partial charge >= 0.3 is 0 Å². The second kappa shape index (κ2) is 7.35. The molecule has 8 nitrogen and oxygen atoms in total. The van der Waals surface area contributed by atoms with Gasteiger partial charge < -0.3 is 9.88 Å². The molecule has 2 aliphatic carbocycles. The molecule has 11 heteroatoms. The van der Waals surface area contributed by atoms with E-state index in [2.05, 4.69) is 19.9 Å². The second-order valence-corrected chi connectivity index (χ2v) is 11.2. The maximum atomic E-state index is 13.4. The molecule has 3 fully saturated rings. The Hall–Kier alpha value is -1.85. The van der Waals surface area contributed by atoms with Crippen molar-refractivity contribution in [2.45, 2.75) is 50.0 Å². The zero-order valence-corrected chi connectivity index (χ0v) is 18.4. The largest absolute Gasteiger partial charge is 0.353 e. The molecule has 2 aromatic heterocycles. The number of fused-ring (bicyclic) bond motifs is 1. The van der Waals surface area contributed by atoms with E-state index in [1.807, 2.05) is 12.3 Å². The summed E-state index contributed by atoms with van der Waals surface area (Å²) in [6.45, 7) is 1.81. The molecule has 0 unspecified atom stereocenters. The lowest BCUT2D eigenvalue weighted by Crippen LogP contribution is -2.60. The maximum Gasteiger partial charge on any atom is 0.282 e. The smallest absolute Gasteiger partial charge is 0.282 e. The van der Waals surface area contributed by atoms with Gasteiger partial charge in [0.2, 0.25) is 5.92 Å². The Balaban J connectivity index is 1.30. The fraction of sp³-hybridized carbons (Fsp3) is 0.700. The number of nitrogens with one attached hydrogen (secondary N) is 1. The Labute approximate surface area is 180 Å². The van der Waals surface area contributed by atoms with E-state index < -0.39 is 21.7 Å². The van der Waals surface area contributed by atoms with Gasteiger partial charge in [0.05, 0.1) is 10.9 Å². The van der Waals surface area contributed by atoms with Crippen LogP contribution in [0.3, 0.4) is 0 Å². The van der Waals surface area contributed by atoms with Gasteiger partial charge in [-0.15, -0.1) is 0 Å². The van der Waals surface area contributed by atoms with Gasteiger partial charge in [0.15, 0.2) is 0 Å². The standard InChI is InChI=1S/C20H28F2N6O2S/c1-26(12-15-2-5-20(21,22)6-3-15)31(29,30)28-11-10-27(13-19(28)7-8-19)18-16-4-9-23-17(16)24-14-25-18/h4,9,14-15H,2-3,5-8,10-13H2,1H3,(H,23,24,25). The van der Waals surface area contributed by atoms with Gasteiger partial charge in [-0.25, -0.2) is 18.7 Å². The lowest BCUT2D eigenvalue weighted by atomic mass is 9.87. The second-order valence-electron chi connectivity index (χ2n) is 9.24. The minimum atomic E-state index is -3.66. The maximum absolute atomic E-state index is 13.4. The zero-order chi connectivity index (χ0) is 21.9. The van der Waals surface area contributed by atoms with Crippen molar-refractivity contribution in [2.24, 2.45) is 5.92 Å². The van der Waals surface area contributed by atoms with Crippen LogP contribution in [0.1, 0.15) is 38.5 Å². The topological polar surface area (TPSA) is 85.4 Å². The van der Waals surface area contributed by atoms with Gasteiger partial charge in [0.1, 0.15) is 17.8 Å². The van der Waals surface area contributed by atoms with Crippen LogP contribution in [-0.4, -0.2) is 76.7 Å². The fourth-order valence-electron chi connectivity index (χ4n) is 5.07. The van der Waals surface area contributed by atoms with E-state index in [9.17, 15) is 17.2 Å². The first-order valence-electron chi connectivity index (χ1n) is 10.9. The molecule has 1 spiro atoms. The summed E-state index contributed by atoms with van der Waals surface area (Å²) in [7, 11) is -2.08. The highest BCUT2D eigenvalue weighted by Gasteiger charge is 2.57. The first-order valence-corrected chi connectivity index (χ1v) is 12.2. The third-order valence-electron chi connectivity index (χ3n) is 7.07. The molecule has 0 radical (unpaired) electrons.